The zero-order valence-electron chi connectivity index (χ0n) is 15.8. The van der Waals surface area contributed by atoms with Crippen molar-refractivity contribution in [1.29, 1.82) is 0 Å². The van der Waals surface area contributed by atoms with Crippen molar-refractivity contribution in [3.8, 4) is 0 Å². The van der Waals surface area contributed by atoms with E-state index in [1.807, 2.05) is 13.8 Å². The van der Waals surface area contributed by atoms with Gasteiger partial charge in [-0.1, -0.05) is 20.8 Å². The minimum absolute atomic E-state index is 0.157. The molecule has 2 bridgehead atoms. The standard InChI is InChI=1S/C19H32O6/c1-5-13(20)10-21-16-12(3)15-7-6-11(2)14-8-9-18(4)23-17(22-16)19(14,15)25-24-18/h11-17,20H,5-10H2,1-4H3/t11-,12-,13?,14?,15?,16+,17?,18+,19-/m1/s1. The molecule has 1 saturated carbocycles. The molecule has 0 radical (unpaired) electrons. The van der Waals surface area contributed by atoms with Gasteiger partial charge in [0, 0.05) is 18.3 Å². The normalized spacial score (nSPS) is 53.2. The lowest BCUT2D eigenvalue weighted by molar-refractivity contribution is -0.577. The number of aliphatic hydroxyl groups excluding tert-OH is 1. The number of ether oxygens (including phenoxy) is 3. The van der Waals surface area contributed by atoms with E-state index in [9.17, 15) is 5.11 Å². The van der Waals surface area contributed by atoms with Crippen LogP contribution in [0.25, 0.3) is 0 Å². The Labute approximate surface area is 150 Å². The summed E-state index contributed by atoms with van der Waals surface area (Å²) in [5.74, 6) is 0.585. The first-order chi connectivity index (χ1) is 11.9. The highest BCUT2D eigenvalue weighted by Gasteiger charge is 2.69. The van der Waals surface area contributed by atoms with E-state index in [-0.39, 0.29) is 24.7 Å². The summed E-state index contributed by atoms with van der Waals surface area (Å²) in [5, 5.41) is 9.85. The van der Waals surface area contributed by atoms with Gasteiger partial charge in [-0.3, -0.25) is 0 Å². The average Bonchev–Trinajstić information content (AvgIpc) is 2.82. The molecule has 9 atom stereocenters. The molecule has 5 rings (SSSR count). The number of fused-ring (bicyclic) bond motifs is 2. The van der Waals surface area contributed by atoms with Crippen molar-refractivity contribution in [3.05, 3.63) is 0 Å². The summed E-state index contributed by atoms with van der Waals surface area (Å²) < 4.78 is 18.5. The van der Waals surface area contributed by atoms with Gasteiger partial charge in [-0.15, -0.1) is 0 Å². The minimum Gasteiger partial charge on any atom is -0.391 e. The lowest BCUT2D eigenvalue weighted by atomic mass is 9.58. The summed E-state index contributed by atoms with van der Waals surface area (Å²) >= 11 is 0. The number of hydrogen-bond donors (Lipinski definition) is 1. The van der Waals surface area contributed by atoms with Gasteiger partial charge in [-0.05, 0) is 44.4 Å². The second-order valence-electron chi connectivity index (χ2n) is 8.67. The van der Waals surface area contributed by atoms with Gasteiger partial charge in [-0.25, -0.2) is 9.78 Å². The molecule has 4 aliphatic heterocycles. The van der Waals surface area contributed by atoms with Crippen LogP contribution < -0.4 is 0 Å². The van der Waals surface area contributed by atoms with Crippen molar-refractivity contribution in [2.75, 3.05) is 6.61 Å². The third-order valence-corrected chi connectivity index (χ3v) is 7.02. The number of rotatable bonds is 4. The van der Waals surface area contributed by atoms with E-state index in [4.69, 9.17) is 24.0 Å². The highest BCUT2D eigenvalue weighted by atomic mass is 17.3. The Bertz CT molecular complexity index is 500. The Hall–Kier alpha value is -0.240. The minimum atomic E-state index is -0.758. The molecule has 5 aliphatic rings. The third kappa shape index (κ3) is 2.77. The number of aliphatic hydroxyl groups is 1. The van der Waals surface area contributed by atoms with E-state index in [0.717, 1.165) is 19.3 Å². The first-order valence-electron chi connectivity index (χ1n) is 9.89. The van der Waals surface area contributed by atoms with Crippen LogP contribution in [-0.2, 0) is 24.0 Å². The van der Waals surface area contributed by atoms with Crippen LogP contribution in [0.3, 0.4) is 0 Å². The predicted octanol–water partition coefficient (Wildman–Crippen LogP) is 2.98. The van der Waals surface area contributed by atoms with E-state index in [0.29, 0.717) is 18.3 Å². The van der Waals surface area contributed by atoms with Crippen LogP contribution in [0.15, 0.2) is 0 Å². The molecule has 4 heterocycles. The highest BCUT2D eigenvalue weighted by molar-refractivity contribution is 5.09. The molecule has 1 spiro atoms. The zero-order valence-corrected chi connectivity index (χ0v) is 15.8. The molecular formula is C19H32O6. The summed E-state index contributed by atoms with van der Waals surface area (Å²) in [4.78, 5) is 11.9. The second-order valence-corrected chi connectivity index (χ2v) is 8.67. The van der Waals surface area contributed by atoms with Crippen molar-refractivity contribution in [3.63, 3.8) is 0 Å². The molecule has 1 N–H and O–H groups in total. The van der Waals surface area contributed by atoms with Crippen LogP contribution in [0, 0.1) is 23.7 Å². The molecule has 6 nitrogen and oxygen atoms in total. The fourth-order valence-corrected chi connectivity index (χ4v) is 5.39. The zero-order chi connectivity index (χ0) is 17.8. The first kappa shape index (κ1) is 18.1. The molecule has 6 heteroatoms. The van der Waals surface area contributed by atoms with Gasteiger partial charge in [0.05, 0.1) is 12.7 Å². The Morgan fingerprint density at radius 2 is 1.96 bits per heavy atom. The maximum Gasteiger partial charge on any atom is 0.201 e. The molecule has 0 aromatic heterocycles. The van der Waals surface area contributed by atoms with Gasteiger partial charge >= 0.3 is 0 Å². The van der Waals surface area contributed by atoms with Crippen LogP contribution in [0.5, 0.6) is 0 Å². The molecule has 144 valence electrons. The SMILES string of the molecule is CCC(O)CO[C@H]1OC2O[C@]3(C)CCC4[C@H](C)CCC([C@H]1C)[C@@]24OO3. The maximum atomic E-state index is 9.85. The smallest absolute Gasteiger partial charge is 0.201 e. The lowest BCUT2D eigenvalue weighted by Gasteiger charge is -2.60. The van der Waals surface area contributed by atoms with Crippen molar-refractivity contribution in [2.45, 2.75) is 89.9 Å². The molecule has 0 amide bonds. The first-order valence-corrected chi connectivity index (χ1v) is 9.89. The van der Waals surface area contributed by atoms with Gasteiger partial charge < -0.3 is 19.3 Å². The summed E-state index contributed by atoms with van der Waals surface area (Å²) in [6.07, 6.45) is 3.41. The Kier molecular flexibility index (Phi) is 4.66. The van der Waals surface area contributed by atoms with Gasteiger partial charge in [0.1, 0.15) is 0 Å². The van der Waals surface area contributed by atoms with Crippen molar-refractivity contribution in [2.24, 2.45) is 23.7 Å². The van der Waals surface area contributed by atoms with Gasteiger partial charge in [0.15, 0.2) is 18.2 Å². The quantitative estimate of drug-likeness (QED) is 0.781. The number of hydrogen-bond acceptors (Lipinski definition) is 6. The maximum absolute atomic E-state index is 9.85. The fourth-order valence-electron chi connectivity index (χ4n) is 5.39. The Morgan fingerprint density at radius 3 is 2.72 bits per heavy atom. The third-order valence-electron chi connectivity index (χ3n) is 7.02. The van der Waals surface area contributed by atoms with E-state index >= 15 is 0 Å². The highest BCUT2D eigenvalue weighted by Crippen LogP contribution is 2.60. The second kappa shape index (κ2) is 6.43. The summed E-state index contributed by atoms with van der Waals surface area (Å²) in [6.45, 7) is 8.62. The van der Waals surface area contributed by atoms with E-state index in [1.54, 1.807) is 0 Å². The Morgan fingerprint density at radius 1 is 1.16 bits per heavy atom. The van der Waals surface area contributed by atoms with E-state index in [1.165, 1.54) is 6.42 Å². The molecule has 0 aromatic rings. The summed E-state index contributed by atoms with van der Waals surface area (Å²) in [5.41, 5.74) is -0.545. The van der Waals surface area contributed by atoms with Crippen LogP contribution >= 0.6 is 0 Å². The molecular weight excluding hydrogens is 324 g/mol. The van der Waals surface area contributed by atoms with Gasteiger partial charge in [0.25, 0.3) is 0 Å². The van der Waals surface area contributed by atoms with E-state index in [2.05, 4.69) is 13.8 Å². The van der Waals surface area contributed by atoms with Crippen LogP contribution in [-0.4, -0.2) is 41.8 Å². The fraction of sp³-hybridized carbons (Fsp3) is 1.00. The summed E-state index contributed by atoms with van der Waals surface area (Å²) in [6, 6.07) is 0. The molecule has 4 unspecified atom stereocenters. The van der Waals surface area contributed by atoms with Crippen LogP contribution in [0.1, 0.15) is 59.8 Å². The largest absolute Gasteiger partial charge is 0.391 e. The molecule has 25 heavy (non-hydrogen) atoms. The van der Waals surface area contributed by atoms with E-state index < -0.39 is 23.8 Å². The van der Waals surface area contributed by atoms with Crippen molar-refractivity contribution >= 4 is 0 Å². The van der Waals surface area contributed by atoms with Crippen LogP contribution in [0.2, 0.25) is 0 Å². The molecule has 5 fully saturated rings. The van der Waals surface area contributed by atoms with Crippen molar-refractivity contribution < 1.29 is 29.1 Å². The molecule has 4 saturated heterocycles. The average molecular weight is 356 g/mol. The molecule has 0 aromatic carbocycles. The van der Waals surface area contributed by atoms with Crippen molar-refractivity contribution in [1.82, 2.24) is 0 Å². The Balaban J connectivity index is 1.63. The van der Waals surface area contributed by atoms with Gasteiger partial charge in [-0.2, -0.15) is 0 Å². The predicted molar refractivity (Wildman–Crippen MR) is 89.1 cm³/mol. The topological polar surface area (TPSA) is 66.4 Å². The monoisotopic (exact) mass is 356 g/mol. The van der Waals surface area contributed by atoms with Crippen LogP contribution in [0.4, 0.5) is 0 Å². The summed E-state index contributed by atoms with van der Waals surface area (Å²) in [7, 11) is 0. The molecule has 1 aliphatic carbocycles. The van der Waals surface area contributed by atoms with Gasteiger partial charge in [0.2, 0.25) is 5.79 Å². The lowest BCUT2D eigenvalue weighted by Crippen LogP contribution is -2.70.